The number of pyridine rings is 1. The van der Waals surface area contributed by atoms with Crippen LogP contribution in [0.25, 0.3) is 0 Å². The van der Waals surface area contributed by atoms with Crippen LogP contribution in [0, 0.1) is 11.8 Å². The van der Waals surface area contributed by atoms with Crippen LogP contribution in [0.15, 0.2) is 24.4 Å². The molecule has 1 heterocycles. The van der Waals surface area contributed by atoms with Crippen molar-refractivity contribution in [3.63, 3.8) is 0 Å². The van der Waals surface area contributed by atoms with Crippen LogP contribution in [-0.4, -0.2) is 10.9 Å². The van der Waals surface area contributed by atoms with Crippen LogP contribution >= 0.6 is 0 Å². The predicted octanol–water partition coefficient (Wildman–Crippen LogP) is 3.62. The first-order valence-corrected chi connectivity index (χ1v) is 8.06. The lowest BCUT2D eigenvalue weighted by Crippen LogP contribution is -2.36. The number of hydrogen-bond donors (Lipinski definition) is 1. The number of carbonyl (C=O) groups is 1. The lowest BCUT2D eigenvalue weighted by Gasteiger charge is -2.25. The van der Waals surface area contributed by atoms with Gasteiger partial charge >= 0.3 is 0 Å². The van der Waals surface area contributed by atoms with Crippen LogP contribution in [0.5, 0.6) is 0 Å². The maximum atomic E-state index is 12.4. The summed E-state index contributed by atoms with van der Waals surface area (Å²) >= 11 is 0. The fraction of sp³-hybridized carbons (Fsp3) is 0.647. The Balaban J connectivity index is 1.73. The summed E-state index contributed by atoms with van der Waals surface area (Å²) in [6, 6.07) is 6.13. The summed E-state index contributed by atoms with van der Waals surface area (Å²) in [5.41, 5.74) is 1.03. The average Bonchev–Trinajstić information content (AvgIpc) is 3.18. The van der Waals surface area contributed by atoms with Gasteiger partial charge in [-0.05, 0) is 43.7 Å². The van der Waals surface area contributed by atoms with Crippen molar-refractivity contribution < 1.29 is 4.79 Å². The molecule has 2 aliphatic rings. The molecule has 2 fully saturated rings. The number of nitrogens with zero attached hydrogens (tertiary/aromatic N) is 1. The third-order valence-corrected chi connectivity index (χ3v) is 4.90. The molecule has 3 heteroatoms. The maximum absolute atomic E-state index is 12.4. The predicted molar refractivity (Wildman–Crippen MR) is 79.0 cm³/mol. The highest BCUT2D eigenvalue weighted by atomic mass is 16.1. The average molecular weight is 272 g/mol. The van der Waals surface area contributed by atoms with Crippen molar-refractivity contribution in [1.29, 1.82) is 0 Å². The van der Waals surface area contributed by atoms with Crippen LogP contribution in [0.1, 0.15) is 63.1 Å². The maximum Gasteiger partial charge on any atom is 0.223 e. The standard InChI is InChI=1S/C17H24N2O/c20-17(14-9-3-4-10-14)19-16(13-7-1-2-8-13)15-11-5-6-12-18-15/h5-6,11-14,16H,1-4,7-10H2,(H,19,20)/t16-/m0/s1. The molecule has 1 atom stereocenters. The van der Waals surface area contributed by atoms with E-state index in [-0.39, 0.29) is 17.9 Å². The molecule has 0 aliphatic heterocycles. The van der Waals surface area contributed by atoms with E-state index in [1.165, 1.54) is 38.5 Å². The van der Waals surface area contributed by atoms with Crippen LogP contribution in [0.3, 0.4) is 0 Å². The van der Waals surface area contributed by atoms with E-state index < -0.39 is 0 Å². The summed E-state index contributed by atoms with van der Waals surface area (Å²) < 4.78 is 0. The molecule has 0 aromatic carbocycles. The van der Waals surface area contributed by atoms with E-state index in [9.17, 15) is 4.79 Å². The molecule has 2 aliphatic carbocycles. The fourth-order valence-corrected chi connectivity index (χ4v) is 3.74. The third kappa shape index (κ3) is 3.02. The topological polar surface area (TPSA) is 42.0 Å². The van der Waals surface area contributed by atoms with Crippen molar-refractivity contribution in [2.24, 2.45) is 11.8 Å². The second-order valence-electron chi connectivity index (χ2n) is 6.27. The van der Waals surface area contributed by atoms with Crippen LogP contribution in [0.4, 0.5) is 0 Å². The first-order valence-electron chi connectivity index (χ1n) is 8.06. The van der Waals surface area contributed by atoms with E-state index in [0.29, 0.717) is 5.92 Å². The lowest BCUT2D eigenvalue weighted by molar-refractivity contribution is -0.126. The van der Waals surface area contributed by atoms with E-state index in [2.05, 4.69) is 16.4 Å². The molecule has 1 amide bonds. The van der Waals surface area contributed by atoms with E-state index in [4.69, 9.17) is 0 Å². The van der Waals surface area contributed by atoms with Gasteiger partial charge in [-0.2, -0.15) is 0 Å². The van der Waals surface area contributed by atoms with Crippen molar-refractivity contribution in [1.82, 2.24) is 10.3 Å². The van der Waals surface area contributed by atoms with Crippen molar-refractivity contribution in [2.75, 3.05) is 0 Å². The molecular formula is C17H24N2O. The van der Waals surface area contributed by atoms with Crippen molar-refractivity contribution in [3.05, 3.63) is 30.1 Å². The fourth-order valence-electron chi connectivity index (χ4n) is 3.74. The van der Waals surface area contributed by atoms with Crippen LogP contribution in [0.2, 0.25) is 0 Å². The molecule has 0 spiro atoms. The molecule has 3 nitrogen and oxygen atoms in total. The highest BCUT2D eigenvalue weighted by Gasteiger charge is 2.31. The van der Waals surface area contributed by atoms with Crippen LogP contribution in [-0.2, 0) is 4.79 Å². The number of rotatable bonds is 4. The molecule has 1 aromatic rings. The van der Waals surface area contributed by atoms with Gasteiger partial charge in [-0.1, -0.05) is 31.7 Å². The Morgan fingerprint density at radius 1 is 1.10 bits per heavy atom. The molecular weight excluding hydrogens is 248 g/mol. The molecule has 1 N–H and O–H groups in total. The van der Waals surface area contributed by atoms with Gasteiger partial charge in [-0.25, -0.2) is 0 Å². The van der Waals surface area contributed by atoms with Gasteiger partial charge in [-0.15, -0.1) is 0 Å². The molecule has 108 valence electrons. The van der Waals surface area contributed by atoms with Gasteiger partial charge in [0.15, 0.2) is 0 Å². The zero-order valence-corrected chi connectivity index (χ0v) is 12.1. The Morgan fingerprint density at radius 2 is 1.80 bits per heavy atom. The van der Waals surface area contributed by atoms with Crippen molar-refractivity contribution in [3.8, 4) is 0 Å². The second kappa shape index (κ2) is 6.38. The van der Waals surface area contributed by atoms with Gasteiger partial charge in [-0.3, -0.25) is 9.78 Å². The number of hydrogen-bond acceptors (Lipinski definition) is 2. The second-order valence-corrected chi connectivity index (χ2v) is 6.27. The molecule has 0 bridgehead atoms. The number of aromatic nitrogens is 1. The molecule has 2 saturated carbocycles. The summed E-state index contributed by atoms with van der Waals surface area (Å²) in [7, 11) is 0. The summed E-state index contributed by atoms with van der Waals surface area (Å²) in [5.74, 6) is 1.06. The zero-order chi connectivity index (χ0) is 13.8. The Morgan fingerprint density at radius 3 is 2.45 bits per heavy atom. The normalized spacial score (nSPS) is 22.0. The molecule has 0 saturated heterocycles. The minimum atomic E-state index is 0.117. The first-order chi connectivity index (χ1) is 9.84. The zero-order valence-electron chi connectivity index (χ0n) is 12.1. The number of nitrogens with one attached hydrogen (secondary N) is 1. The van der Waals surface area contributed by atoms with E-state index in [1.54, 1.807) is 0 Å². The quantitative estimate of drug-likeness (QED) is 0.909. The molecule has 1 aromatic heterocycles. The van der Waals surface area contributed by atoms with Crippen molar-refractivity contribution >= 4 is 5.91 Å². The highest BCUT2D eigenvalue weighted by molar-refractivity contribution is 5.79. The van der Waals surface area contributed by atoms with E-state index in [1.807, 2.05) is 18.3 Å². The minimum absolute atomic E-state index is 0.117. The smallest absolute Gasteiger partial charge is 0.223 e. The van der Waals surface area contributed by atoms with Gasteiger partial charge < -0.3 is 5.32 Å². The highest BCUT2D eigenvalue weighted by Crippen LogP contribution is 2.36. The number of amides is 1. The summed E-state index contributed by atoms with van der Waals surface area (Å²) in [5, 5.41) is 3.32. The van der Waals surface area contributed by atoms with Gasteiger partial charge in [0, 0.05) is 12.1 Å². The Bertz CT molecular complexity index is 434. The molecule has 20 heavy (non-hydrogen) atoms. The Labute approximate surface area is 121 Å². The summed E-state index contributed by atoms with van der Waals surface area (Å²) in [4.78, 5) is 16.9. The third-order valence-electron chi connectivity index (χ3n) is 4.90. The Hall–Kier alpha value is -1.38. The van der Waals surface area contributed by atoms with Gasteiger partial charge in [0.1, 0.15) is 0 Å². The minimum Gasteiger partial charge on any atom is -0.347 e. The monoisotopic (exact) mass is 272 g/mol. The van der Waals surface area contributed by atoms with Gasteiger partial charge in [0.25, 0.3) is 0 Å². The molecule has 0 unspecified atom stereocenters. The largest absolute Gasteiger partial charge is 0.347 e. The number of carbonyl (C=O) groups excluding carboxylic acids is 1. The van der Waals surface area contributed by atoms with Gasteiger partial charge in [0.05, 0.1) is 11.7 Å². The lowest BCUT2D eigenvalue weighted by atomic mass is 9.94. The van der Waals surface area contributed by atoms with Crippen LogP contribution < -0.4 is 5.32 Å². The molecule has 3 rings (SSSR count). The van der Waals surface area contributed by atoms with Gasteiger partial charge in [0.2, 0.25) is 5.91 Å². The van der Waals surface area contributed by atoms with Crippen molar-refractivity contribution in [2.45, 2.75) is 57.4 Å². The summed E-state index contributed by atoms with van der Waals surface area (Å²) in [6.07, 6.45) is 11.4. The van der Waals surface area contributed by atoms with E-state index in [0.717, 1.165) is 18.5 Å². The molecule has 0 radical (unpaired) electrons. The SMILES string of the molecule is O=C(N[C@H](c1ccccn1)C1CCCC1)C1CCCC1. The Kier molecular flexibility index (Phi) is 4.34. The first kappa shape index (κ1) is 13.6. The summed E-state index contributed by atoms with van der Waals surface area (Å²) in [6.45, 7) is 0. The van der Waals surface area contributed by atoms with E-state index >= 15 is 0 Å².